The number of sulfonamides is 1. The van der Waals surface area contributed by atoms with Crippen molar-refractivity contribution in [3.63, 3.8) is 0 Å². The van der Waals surface area contributed by atoms with Crippen LogP contribution in [0.15, 0.2) is 83.2 Å². The fraction of sp³-hybridized carbons (Fsp3) is 0.333. The Hall–Kier alpha value is -4.53. The number of benzene rings is 2. The number of hydrazone groups is 1. The van der Waals surface area contributed by atoms with Crippen LogP contribution in [-0.2, 0) is 21.3 Å². The molecule has 2 aromatic carbocycles. The number of carbonyl (C=O) groups is 1. The number of imidazole rings is 1. The van der Waals surface area contributed by atoms with Crippen LogP contribution in [0.25, 0.3) is 11.2 Å². The van der Waals surface area contributed by atoms with Crippen LogP contribution in [-0.4, -0.2) is 64.7 Å². The van der Waals surface area contributed by atoms with Crippen molar-refractivity contribution >= 4 is 38.7 Å². The molecule has 1 amide bonds. The summed E-state index contributed by atoms with van der Waals surface area (Å²) < 4.78 is 35.3. The number of rotatable bonds is 13. The molecule has 13 nitrogen and oxygen atoms in total. The molecule has 232 valence electrons. The lowest BCUT2D eigenvalue weighted by Crippen LogP contribution is -2.42. The summed E-state index contributed by atoms with van der Waals surface area (Å²) in [6.07, 6.45) is 2.83. The zero-order chi connectivity index (χ0) is 31.3. The normalized spacial score (nSPS) is 15.7. The zero-order valence-electron chi connectivity index (χ0n) is 24.7. The number of aryl methyl sites for hydroxylation is 1. The first-order valence-electron chi connectivity index (χ1n) is 14.2. The van der Waals surface area contributed by atoms with Crippen molar-refractivity contribution in [3.05, 3.63) is 84.3 Å². The monoisotopic (exact) mass is 620 g/mol. The first kappa shape index (κ1) is 30.9. The number of aliphatic hydroxyl groups excluding tert-OH is 1. The molecule has 0 saturated carbocycles. The third-order valence-electron chi connectivity index (χ3n) is 7.13. The molecule has 4 aromatic rings. The maximum Gasteiger partial charge on any atom is 0.261 e. The highest BCUT2D eigenvalue weighted by atomic mass is 32.2. The van der Waals surface area contributed by atoms with Gasteiger partial charge in [-0.1, -0.05) is 30.3 Å². The number of carbonyl (C=O) groups excluding carboxylic acids is 1. The van der Waals surface area contributed by atoms with Crippen molar-refractivity contribution < 1.29 is 23.1 Å². The van der Waals surface area contributed by atoms with Crippen molar-refractivity contribution in [1.82, 2.24) is 30.6 Å². The molecule has 3 heterocycles. The van der Waals surface area contributed by atoms with Gasteiger partial charge in [-0.2, -0.15) is 0 Å². The quantitative estimate of drug-likeness (QED) is 0.151. The molecule has 2 atom stereocenters. The van der Waals surface area contributed by atoms with Gasteiger partial charge in [0.15, 0.2) is 11.9 Å². The van der Waals surface area contributed by atoms with Crippen LogP contribution < -0.4 is 20.8 Å². The van der Waals surface area contributed by atoms with Crippen LogP contribution in [0.5, 0.6) is 0 Å². The molecule has 5 rings (SSSR count). The number of pyridine rings is 1. The van der Waals surface area contributed by atoms with Gasteiger partial charge in [0.1, 0.15) is 5.52 Å². The smallest absolute Gasteiger partial charge is 0.261 e. The minimum absolute atomic E-state index is 0.162. The Balaban J connectivity index is 1.13. The number of β-amino-alcohol motifs (C(OH)–C–C–N with tert-alkyl or cyclic N) is 1. The number of fused-ring (bicyclic) bond motifs is 1. The summed E-state index contributed by atoms with van der Waals surface area (Å²) in [5.74, 6) is 0.107. The number of aliphatic hydroxyl groups is 1. The van der Waals surface area contributed by atoms with E-state index >= 15 is 0 Å². The van der Waals surface area contributed by atoms with Crippen molar-refractivity contribution in [2.45, 2.75) is 56.5 Å². The Bertz CT molecular complexity index is 1760. The molecule has 14 heteroatoms. The number of hydrogen-bond acceptors (Lipinski definition) is 10. The summed E-state index contributed by atoms with van der Waals surface area (Å²) >= 11 is 0. The molecule has 0 spiro atoms. The molecule has 1 unspecified atom stereocenters. The lowest BCUT2D eigenvalue weighted by molar-refractivity contribution is 0.0955. The van der Waals surface area contributed by atoms with Crippen molar-refractivity contribution in [2.75, 3.05) is 17.8 Å². The van der Waals surface area contributed by atoms with E-state index in [9.17, 15) is 18.3 Å². The highest BCUT2D eigenvalue weighted by Crippen LogP contribution is 2.22. The van der Waals surface area contributed by atoms with Crippen LogP contribution in [0.3, 0.4) is 0 Å². The summed E-state index contributed by atoms with van der Waals surface area (Å²) in [5, 5.41) is 21.0. The minimum atomic E-state index is -3.74. The molecule has 0 saturated heterocycles. The molecular weight excluding hydrogens is 584 g/mol. The topological polar surface area (TPSA) is 172 Å². The van der Waals surface area contributed by atoms with E-state index in [4.69, 9.17) is 4.74 Å². The second kappa shape index (κ2) is 13.0. The second-order valence-corrected chi connectivity index (χ2v) is 12.8. The van der Waals surface area contributed by atoms with Crippen LogP contribution in [0, 0.1) is 0 Å². The molecule has 0 fully saturated rings. The first-order valence-corrected chi connectivity index (χ1v) is 15.7. The average molecular weight is 621 g/mol. The van der Waals surface area contributed by atoms with Crippen LogP contribution >= 0.6 is 0 Å². The Kier molecular flexibility index (Phi) is 9.13. The van der Waals surface area contributed by atoms with Crippen molar-refractivity contribution in [1.29, 1.82) is 0 Å². The van der Waals surface area contributed by atoms with Gasteiger partial charge in [-0.3, -0.25) is 14.9 Å². The molecule has 1 aliphatic rings. The van der Waals surface area contributed by atoms with Gasteiger partial charge in [0.05, 0.1) is 29.4 Å². The van der Waals surface area contributed by atoms with E-state index in [0.29, 0.717) is 46.8 Å². The van der Waals surface area contributed by atoms with Gasteiger partial charge in [0.25, 0.3) is 15.9 Å². The lowest BCUT2D eigenvalue weighted by Gasteiger charge is -2.28. The number of hydrogen-bond donors (Lipinski definition) is 5. The van der Waals surface area contributed by atoms with E-state index in [1.165, 1.54) is 18.3 Å². The Morgan fingerprint density at radius 1 is 1.14 bits per heavy atom. The predicted molar refractivity (Wildman–Crippen MR) is 166 cm³/mol. The van der Waals surface area contributed by atoms with E-state index in [1.807, 2.05) is 25.3 Å². The van der Waals surface area contributed by atoms with Crippen molar-refractivity contribution in [2.24, 2.45) is 5.10 Å². The number of aromatic nitrogens is 3. The molecule has 2 aromatic heterocycles. The summed E-state index contributed by atoms with van der Waals surface area (Å²) in [6.45, 7) is 6.91. The Morgan fingerprint density at radius 3 is 2.68 bits per heavy atom. The van der Waals surface area contributed by atoms with E-state index in [2.05, 4.69) is 35.9 Å². The number of nitrogens with zero attached hydrogens (tertiary/aromatic N) is 4. The first-order chi connectivity index (χ1) is 21.0. The van der Waals surface area contributed by atoms with E-state index in [-0.39, 0.29) is 35.7 Å². The maximum absolute atomic E-state index is 12.7. The average Bonchev–Trinajstić information content (AvgIpc) is 3.63. The molecule has 44 heavy (non-hydrogen) atoms. The summed E-state index contributed by atoms with van der Waals surface area (Å²) in [5.41, 5.74) is 5.01. The minimum Gasteiger partial charge on any atom is -0.453 e. The van der Waals surface area contributed by atoms with Crippen LogP contribution in [0.1, 0.15) is 49.2 Å². The Morgan fingerprint density at radius 2 is 1.93 bits per heavy atom. The van der Waals surface area contributed by atoms with Gasteiger partial charge >= 0.3 is 0 Å². The number of ether oxygens (including phenoxy) is 1. The fourth-order valence-electron chi connectivity index (χ4n) is 4.60. The highest BCUT2D eigenvalue weighted by molar-refractivity contribution is 7.92. The Labute approximate surface area is 255 Å². The van der Waals surface area contributed by atoms with Gasteiger partial charge in [0.2, 0.25) is 5.90 Å². The SMILES string of the molecule is CC1NN=C(CNC(=O)c2cnc3c(c2)ncn3CCC(C)(C)NC[C@H](O)c2cccc(NS(=O)(=O)c3ccccc3)c2)O1. The molecular formula is C30H36N8O5S. The largest absolute Gasteiger partial charge is 0.453 e. The molecule has 0 bridgehead atoms. The summed E-state index contributed by atoms with van der Waals surface area (Å²) in [6, 6.07) is 16.5. The number of nitrogens with one attached hydrogen (secondary N) is 4. The summed E-state index contributed by atoms with van der Waals surface area (Å²) in [4.78, 5) is 21.7. The van der Waals surface area contributed by atoms with E-state index in [1.54, 1.807) is 54.9 Å². The maximum atomic E-state index is 12.7. The highest BCUT2D eigenvalue weighted by Gasteiger charge is 2.21. The fourth-order valence-corrected chi connectivity index (χ4v) is 5.67. The molecule has 0 aliphatic carbocycles. The summed E-state index contributed by atoms with van der Waals surface area (Å²) in [7, 11) is -3.74. The third-order valence-corrected chi connectivity index (χ3v) is 8.53. The van der Waals surface area contributed by atoms with Gasteiger partial charge in [-0.25, -0.2) is 18.4 Å². The number of amides is 1. The predicted octanol–water partition coefficient (Wildman–Crippen LogP) is 2.73. The van der Waals surface area contributed by atoms with Gasteiger partial charge in [0, 0.05) is 30.5 Å². The van der Waals surface area contributed by atoms with Crippen LogP contribution in [0.2, 0.25) is 0 Å². The van der Waals surface area contributed by atoms with E-state index < -0.39 is 16.1 Å². The molecule has 0 radical (unpaired) electrons. The molecule has 1 aliphatic heterocycles. The molecule has 5 N–H and O–H groups in total. The van der Waals surface area contributed by atoms with Crippen LogP contribution in [0.4, 0.5) is 5.69 Å². The van der Waals surface area contributed by atoms with Gasteiger partial charge in [-0.05, 0) is 63.1 Å². The van der Waals surface area contributed by atoms with Crippen molar-refractivity contribution in [3.8, 4) is 0 Å². The van der Waals surface area contributed by atoms with Gasteiger partial charge in [-0.15, -0.1) is 5.10 Å². The van der Waals surface area contributed by atoms with E-state index in [0.717, 1.165) is 0 Å². The van der Waals surface area contributed by atoms with Gasteiger partial charge < -0.3 is 25.0 Å². The lowest BCUT2D eigenvalue weighted by atomic mass is 9.99. The second-order valence-electron chi connectivity index (χ2n) is 11.2. The number of anilines is 1. The zero-order valence-corrected chi connectivity index (χ0v) is 25.5. The third kappa shape index (κ3) is 7.70. The standard InChI is InChI=1S/C30H36N8O5S/c1-20-35-36-27(43-20)18-32-29(40)22-15-25-28(31-16-22)38(19-33-25)13-12-30(2,3)34-17-26(39)21-8-7-9-23(14-21)37-44(41,42)24-10-5-4-6-11-24/h4-11,14-16,19-20,26,34-35,37,39H,12-13,17-18H2,1-3H3,(H,32,40)/t20?,26-/m0/s1.